The van der Waals surface area contributed by atoms with Crippen LogP contribution in [0.3, 0.4) is 0 Å². The number of rotatable bonds is 12. The zero-order chi connectivity index (χ0) is 37.0. The van der Waals surface area contributed by atoms with E-state index in [0.29, 0.717) is 40.0 Å². The molecule has 51 heavy (non-hydrogen) atoms. The minimum Gasteiger partial charge on any atom is -0.456 e. The third-order valence-corrected chi connectivity index (χ3v) is 9.04. The predicted molar refractivity (Wildman–Crippen MR) is 193 cm³/mol. The first-order valence-corrected chi connectivity index (χ1v) is 17.9. The van der Waals surface area contributed by atoms with Crippen molar-refractivity contribution >= 4 is 44.5 Å². The monoisotopic (exact) mass is 717 g/mol. The fraction of sp³-hybridized carbons (Fsp3) is 0.250. The molecule has 5 rings (SSSR count). The van der Waals surface area contributed by atoms with E-state index in [1.807, 2.05) is 30.3 Å². The second kappa shape index (κ2) is 15.1. The predicted octanol–water partition coefficient (Wildman–Crippen LogP) is 9.99. The Morgan fingerprint density at radius 2 is 1.55 bits per heavy atom. The summed E-state index contributed by atoms with van der Waals surface area (Å²) in [6.45, 7) is 6.31. The summed E-state index contributed by atoms with van der Waals surface area (Å²) < 4.78 is 76.2. The van der Waals surface area contributed by atoms with Crippen molar-refractivity contribution in [1.29, 1.82) is 0 Å². The Labute approximate surface area is 294 Å². The number of hydrogen-bond acceptors (Lipinski definition) is 5. The summed E-state index contributed by atoms with van der Waals surface area (Å²) in [4.78, 5) is 26.4. The highest BCUT2D eigenvalue weighted by Crippen LogP contribution is 2.35. The van der Waals surface area contributed by atoms with E-state index in [2.05, 4.69) is 32.2 Å². The van der Waals surface area contributed by atoms with Gasteiger partial charge in [-0.2, -0.15) is 21.6 Å². The Kier molecular flexibility index (Phi) is 11.0. The van der Waals surface area contributed by atoms with Crippen molar-refractivity contribution in [2.24, 2.45) is 5.41 Å². The van der Waals surface area contributed by atoms with Gasteiger partial charge in [-0.15, -0.1) is 0 Å². The molecule has 0 aliphatic rings. The topological polar surface area (TPSA) is 114 Å². The lowest BCUT2D eigenvalue weighted by atomic mass is 9.89. The summed E-state index contributed by atoms with van der Waals surface area (Å²) >= 11 is 0. The molecule has 1 unspecified atom stereocenters. The second-order valence-corrected chi connectivity index (χ2v) is 15.1. The molecule has 11 heteroatoms. The summed E-state index contributed by atoms with van der Waals surface area (Å²) in [6.07, 6.45) is -0.0425. The fourth-order valence-electron chi connectivity index (χ4n) is 5.48. The molecule has 0 saturated carbocycles. The summed E-state index contributed by atoms with van der Waals surface area (Å²) in [7, 11) is -4.15. The van der Waals surface area contributed by atoms with Crippen LogP contribution < -0.4 is 5.32 Å². The van der Waals surface area contributed by atoms with Crippen molar-refractivity contribution < 1.29 is 40.1 Å². The third-order valence-electron chi connectivity index (χ3n) is 8.23. The van der Waals surface area contributed by atoms with Crippen LogP contribution in [-0.4, -0.2) is 30.4 Å². The zero-order valence-electron chi connectivity index (χ0n) is 28.3. The lowest BCUT2D eigenvalue weighted by molar-refractivity contribution is -0.137. The molecule has 0 bridgehead atoms. The number of Topliss-reactive ketones (excluding diaryl/α,β-unsaturated/α-hetero) is 1. The molecule has 5 aromatic rings. The molecule has 0 saturated heterocycles. The van der Waals surface area contributed by atoms with Gasteiger partial charge in [0.05, 0.1) is 17.2 Å². The van der Waals surface area contributed by atoms with Crippen LogP contribution in [0, 0.1) is 5.41 Å². The van der Waals surface area contributed by atoms with Crippen LogP contribution in [0.15, 0.2) is 108 Å². The number of benzene rings is 4. The van der Waals surface area contributed by atoms with Gasteiger partial charge in [0.15, 0.2) is 5.78 Å². The number of halogens is 3. The number of fused-ring (bicyclic) bond motifs is 1. The Hall–Kier alpha value is -5.00. The lowest BCUT2D eigenvalue weighted by Crippen LogP contribution is -2.23. The van der Waals surface area contributed by atoms with Gasteiger partial charge in [-0.3, -0.25) is 14.1 Å². The van der Waals surface area contributed by atoms with Crippen molar-refractivity contribution in [3.8, 4) is 11.3 Å². The molecule has 4 aromatic carbocycles. The van der Waals surface area contributed by atoms with Crippen LogP contribution in [-0.2, 0) is 27.5 Å². The van der Waals surface area contributed by atoms with Gasteiger partial charge < -0.3 is 9.73 Å². The van der Waals surface area contributed by atoms with E-state index in [1.165, 1.54) is 6.07 Å². The van der Waals surface area contributed by atoms with Gasteiger partial charge in [0, 0.05) is 28.6 Å². The average molecular weight is 718 g/mol. The molecule has 0 aliphatic heterocycles. The van der Waals surface area contributed by atoms with Crippen molar-refractivity contribution in [1.82, 2.24) is 0 Å². The summed E-state index contributed by atoms with van der Waals surface area (Å²) in [5.74, 6) is -1.24. The van der Waals surface area contributed by atoms with Gasteiger partial charge >= 0.3 is 6.18 Å². The molecule has 0 spiro atoms. The maximum Gasteiger partial charge on any atom is 0.416 e. The maximum absolute atomic E-state index is 13.9. The van der Waals surface area contributed by atoms with Crippen LogP contribution in [0.25, 0.3) is 28.4 Å². The number of nitrogens with one attached hydrogen (secondary N) is 1. The van der Waals surface area contributed by atoms with Crippen molar-refractivity contribution in [3.63, 3.8) is 0 Å². The standard InChI is InChI=1S/C40H38F3NO6S/c1-39(2,3)21-20-26-6-10-28(11-7-26)34(23-27-8-12-29(13-9-27)35(45)5-4-22-51(47,48)49)38(46)44-33-17-14-30(15-18-33)37-25-31-24-32(40(41,42)43)16-19-36(31)50-37/h6-21,24-25,34H,4-5,22-23H2,1-3H3,(H,44,46)(H,47,48,49)/b21-20+. The molecule has 2 N–H and O–H groups in total. The van der Waals surface area contributed by atoms with Gasteiger partial charge in [-0.1, -0.05) is 81.5 Å². The van der Waals surface area contributed by atoms with Gasteiger partial charge in [0.1, 0.15) is 11.3 Å². The molecular weight excluding hydrogens is 680 g/mol. The highest BCUT2D eigenvalue weighted by molar-refractivity contribution is 7.85. The van der Waals surface area contributed by atoms with Gasteiger partial charge in [0.25, 0.3) is 10.1 Å². The van der Waals surface area contributed by atoms with Crippen molar-refractivity contribution in [2.75, 3.05) is 11.1 Å². The normalized spacial score (nSPS) is 13.1. The summed E-state index contributed by atoms with van der Waals surface area (Å²) in [5, 5.41) is 3.31. The van der Waals surface area contributed by atoms with Gasteiger partial charge in [0.2, 0.25) is 5.91 Å². The number of ketones is 1. The van der Waals surface area contributed by atoms with E-state index in [9.17, 15) is 31.2 Å². The first-order chi connectivity index (χ1) is 23.9. The average Bonchev–Trinajstić information content (AvgIpc) is 3.50. The quantitative estimate of drug-likeness (QED) is 0.0981. The molecule has 266 valence electrons. The highest BCUT2D eigenvalue weighted by atomic mass is 32.2. The molecule has 0 radical (unpaired) electrons. The third kappa shape index (κ3) is 10.5. The number of allylic oxidation sites excluding steroid dienone is 1. The molecule has 7 nitrogen and oxygen atoms in total. The van der Waals surface area contributed by atoms with Crippen LogP contribution in [0.1, 0.15) is 72.1 Å². The second-order valence-electron chi connectivity index (χ2n) is 13.6. The molecular formula is C40H38F3NO6S. The van der Waals surface area contributed by atoms with Crippen molar-refractivity contribution in [3.05, 3.63) is 131 Å². The number of furan rings is 1. The lowest BCUT2D eigenvalue weighted by Gasteiger charge is -2.18. The van der Waals surface area contributed by atoms with E-state index in [-0.39, 0.29) is 29.9 Å². The molecule has 0 aliphatic carbocycles. The minimum absolute atomic E-state index is 0.00176. The van der Waals surface area contributed by atoms with Crippen LogP contribution >= 0.6 is 0 Å². The maximum atomic E-state index is 13.9. The molecule has 0 fully saturated rings. The van der Waals surface area contributed by atoms with Gasteiger partial charge in [-0.25, -0.2) is 0 Å². The number of amides is 1. The molecule has 1 heterocycles. The van der Waals surface area contributed by atoms with Gasteiger partial charge in [-0.05, 0) is 83.5 Å². The number of carbonyl (C=O) groups excluding carboxylic acids is 2. The van der Waals surface area contributed by atoms with E-state index >= 15 is 0 Å². The Balaban J connectivity index is 1.34. The number of anilines is 1. The summed E-state index contributed by atoms with van der Waals surface area (Å²) in [6, 6.07) is 26.2. The van der Waals surface area contributed by atoms with Crippen LogP contribution in [0.5, 0.6) is 0 Å². The number of hydrogen-bond donors (Lipinski definition) is 2. The van der Waals surface area contributed by atoms with Crippen LogP contribution in [0.4, 0.5) is 18.9 Å². The highest BCUT2D eigenvalue weighted by Gasteiger charge is 2.31. The van der Waals surface area contributed by atoms with E-state index in [1.54, 1.807) is 54.6 Å². The SMILES string of the molecule is CC(C)(C)/C=C/c1ccc(C(Cc2ccc(C(=O)CCCS(=O)(=O)O)cc2)C(=O)Nc2ccc(-c3cc4cc(C(F)(F)F)ccc4o3)cc2)cc1. The van der Waals surface area contributed by atoms with E-state index in [0.717, 1.165) is 28.8 Å². The smallest absolute Gasteiger partial charge is 0.416 e. The Morgan fingerprint density at radius 1 is 0.882 bits per heavy atom. The zero-order valence-corrected chi connectivity index (χ0v) is 29.1. The minimum atomic E-state index is -4.47. The molecule has 1 amide bonds. The van der Waals surface area contributed by atoms with E-state index in [4.69, 9.17) is 8.97 Å². The molecule has 1 atom stereocenters. The Morgan fingerprint density at radius 3 is 2.16 bits per heavy atom. The largest absolute Gasteiger partial charge is 0.456 e. The molecule has 1 aromatic heterocycles. The fourth-order valence-corrected chi connectivity index (χ4v) is 5.99. The van der Waals surface area contributed by atoms with E-state index < -0.39 is 33.5 Å². The number of alkyl halides is 3. The first kappa shape index (κ1) is 37.3. The van der Waals surface area contributed by atoms with Crippen LogP contribution in [0.2, 0.25) is 0 Å². The first-order valence-electron chi connectivity index (χ1n) is 16.3. The number of carbonyl (C=O) groups is 2. The summed E-state index contributed by atoms with van der Waals surface area (Å²) in [5.41, 5.74) is 3.67. The van der Waals surface area contributed by atoms with Crippen molar-refractivity contribution in [2.45, 2.75) is 52.1 Å². The Bertz CT molecular complexity index is 2140.